The van der Waals surface area contributed by atoms with Gasteiger partial charge >= 0.3 is 6.03 Å². The molecule has 0 radical (unpaired) electrons. The Bertz CT molecular complexity index is 1060. The van der Waals surface area contributed by atoms with Gasteiger partial charge in [0.1, 0.15) is 0 Å². The number of nitrogens with zero attached hydrogens (tertiary/aromatic N) is 3. The number of anilines is 2. The molecule has 0 saturated carbocycles. The van der Waals surface area contributed by atoms with E-state index < -0.39 is 6.03 Å². The molecule has 1 aliphatic heterocycles. The van der Waals surface area contributed by atoms with Crippen molar-refractivity contribution in [2.24, 2.45) is 0 Å². The van der Waals surface area contributed by atoms with Gasteiger partial charge in [-0.15, -0.1) is 0 Å². The number of H-pyrrole nitrogens is 1. The third-order valence-corrected chi connectivity index (χ3v) is 5.74. The highest BCUT2D eigenvalue weighted by Crippen LogP contribution is 2.19. The second kappa shape index (κ2) is 9.18. The Morgan fingerprint density at radius 1 is 1.03 bits per heavy atom. The fourth-order valence-corrected chi connectivity index (χ4v) is 3.84. The molecule has 2 heterocycles. The summed E-state index contributed by atoms with van der Waals surface area (Å²) >= 11 is 0. The predicted molar refractivity (Wildman–Crippen MR) is 122 cm³/mol. The molecule has 1 saturated heterocycles. The first-order chi connectivity index (χ1) is 15.0. The molecule has 3 N–H and O–H groups in total. The Morgan fingerprint density at radius 2 is 1.87 bits per heavy atom. The molecule has 162 valence electrons. The minimum Gasteiger partial charge on any atom is -0.341 e. The molecular formula is C23H28N6O2. The lowest BCUT2D eigenvalue weighted by Gasteiger charge is -2.21. The van der Waals surface area contributed by atoms with Crippen LogP contribution in [0.15, 0.2) is 42.5 Å². The Morgan fingerprint density at radius 3 is 2.71 bits per heavy atom. The number of nitrogens with one attached hydrogen (secondary N) is 3. The van der Waals surface area contributed by atoms with Crippen LogP contribution >= 0.6 is 0 Å². The lowest BCUT2D eigenvalue weighted by molar-refractivity contribution is -0.121. The zero-order chi connectivity index (χ0) is 21.8. The second-order valence-electron chi connectivity index (χ2n) is 7.94. The van der Waals surface area contributed by atoms with Crippen LogP contribution in [0.25, 0.3) is 11.0 Å². The highest BCUT2D eigenvalue weighted by Gasteiger charge is 2.20. The van der Waals surface area contributed by atoms with Crippen LogP contribution in [0.1, 0.15) is 17.5 Å². The van der Waals surface area contributed by atoms with Crippen LogP contribution in [-0.4, -0.2) is 59.5 Å². The van der Waals surface area contributed by atoms with Crippen molar-refractivity contribution in [2.75, 3.05) is 42.9 Å². The molecule has 8 heteroatoms. The number of carbonyl (C=O) groups excluding carboxylic acids is 2. The third-order valence-electron chi connectivity index (χ3n) is 5.74. The lowest BCUT2D eigenvalue weighted by Crippen LogP contribution is -2.43. The number of amides is 3. The van der Waals surface area contributed by atoms with Crippen molar-refractivity contribution >= 4 is 34.6 Å². The van der Waals surface area contributed by atoms with Gasteiger partial charge in [0.25, 0.3) is 0 Å². The maximum Gasteiger partial charge on any atom is 0.325 e. The van der Waals surface area contributed by atoms with E-state index in [1.165, 1.54) is 0 Å². The van der Waals surface area contributed by atoms with Crippen LogP contribution in [-0.2, 0) is 4.79 Å². The van der Waals surface area contributed by atoms with Crippen molar-refractivity contribution in [3.8, 4) is 0 Å². The molecule has 3 amide bonds. The normalized spacial score (nSPS) is 15.0. The van der Waals surface area contributed by atoms with Crippen LogP contribution in [0, 0.1) is 13.8 Å². The number of para-hydroxylation sites is 2. The number of aromatic nitrogens is 2. The summed E-state index contributed by atoms with van der Waals surface area (Å²) in [7, 11) is 0. The number of hydrogen-bond acceptors (Lipinski definition) is 5. The summed E-state index contributed by atoms with van der Waals surface area (Å²) in [4.78, 5) is 37.0. The van der Waals surface area contributed by atoms with Crippen molar-refractivity contribution in [1.82, 2.24) is 20.2 Å². The molecule has 0 aliphatic carbocycles. The number of carbonyl (C=O) groups is 2. The molecule has 1 fully saturated rings. The average molecular weight is 421 g/mol. The van der Waals surface area contributed by atoms with E-state index >= 15 is 0 Å². The minimum atomic E-state index is -0.502. The Kier molecular flexibility index (Phi) is 6.18. The molecule has 0 spiro atoms. The first kappa shape index (κ1) is 20.9. The van der Waals surface area contributed by atoms with Crippen molar-refractivity contribution in [2.45, 2.75) is 20.3 Å². The summed E-state index contributed by atoms with van der Waals surface area (Å²) in [6, 6.07) is 13.2. The summed E-state index contributed by atoms with van der Waals surface area (Å²) in [6.45, 7) is 7.27. The van der Waals surface area contributed by atoms with Gasteiger partial charge in [-0.1, -0.05) is 24.3 Å². The number of fused-ring (bicyclic) bond motifs is 1. The monoisotopic (exact) mass is 420 g/mol. The molecule has 1 aromatic heterocycles. The van der Waals surface area contributed by atoms with E-state index in [9.17, 15) is 9.59 Å². The molecule has 0 unspecified atom stereocenters. The number of imide groups is 1. The number of aromatic amines is 1. The zero-order valence-electron chi connectivity index (χ0n) is 17.9. The second-order valence-corrected chi connectivity index (χ2v) is 7.94. The highest BCUT2D eigenvalue weighted by molar-refractivity contribution is 6.02. The van der Waals surface area contributed by atoms with Crippen LogP contribution in [0.2, 0.25) is 0 Å². The summed E-state index contributed by atoms with van der Waals surface area (Å²) in [6.07, 6.45) is 0.916. The average Bonchev–Trinajstić information content (AvgIpc) is 3.04. The van der Waals surface area contributed by atoms with Crippen LogP contribution in [0.3, 0.4) is 0 Å². The van der Waals surface area contributed by atoms with E-state index in [0.29, 0.717) is 5.69 Å². The predicted octanol–water partition coefficient (Wildman–Crippen LogP) is 3.04. The van der Waals surface area contributed by atoms with E-state index in [0.717, 1.165) is 60.7 Å². The molecule has 2 aromatic carbocycles. The Labute approximate surface area is 181 Å². The topological polar surface area (TPSA) is 93.4 Å². The standard InChI is InChI=1S/C23H28N6O2/c1-16-7-5-10-18(17(16)2)26-23(31)27-21(30)15-28-11-6-12-29(14-13-28)22-24-19-8-3-4-9-20(19)25-22/h3-5,7-10H,6,11-15H2,1-2H3,(H,24,25)(H2,26,27,30,31). The van der Waals surface area contributed by atoms with E-state index in [-0.39, 0.29) is 12.5 Å². The van der Waals surface area contributed by atoms with Crippen molar-refractivity contribution < 1.29 is 9.59 Å². The Balaban J connectivity index is 1.29. The minimum absolute atomic E-state index is 0.189. The van der Waals surface area contributed by atoms with Gasteiger partial charge in [-0.2, -0.15) is 0 Å². The molecule has 3 aromatic rings. The quantitative estimate of drug-likeness (QED) is 0.603. The summed E-state index contributed by atoms with van der Waals surface area (Å²) in [5.41, 5.74) is 4.76. The smallest absolute Gasteiger partial charge is 0.325 e. The van der Waals surface area contributed by atoms with Crippen LogP contribution in [0.5, 0.6) is 0 Å². The Hall–Kier alpha value is -3.39. The molecular weight excluding hydrogens is 392 g/mol. The maximum absolute atomic E-state index is 12.4. The van der Waals surface area contributed by atoms with Crippen LogP contribution in [0.4, 0.5) is 16.4 Å². The molecule has 31 heavy (non-hydrogen) atoms. The number of rotatable bonds is 4. The first-order valence-corrected chi connectivity index (χ1v) is 10.6. The summed E-state index contributed by atoms with van der Waals surface area (Å²) < 4.78 is 0. The molecule has 1 aliphatic rings. The summed E-state index contributed by atoms with van der Waals surface area (Å²) in [5, 5.41) is 5.20. The number of imidazole rings is 1. The number of hydrogen-bond donors (Lipinski definition) is 3. The van der Waals surface area contributed by atoms with Gasteiger partial charge in [0.05, 0.1) is 17.6 Å². The van der Waals surface area contributed by atoms with Gasteiger partial charge in [0.15, 0.2) is 0 Å². The van der Waals surface area contributed by atoms with Crippen LogP contribution < -0.4 is 15.5 Å². The van der Waals surface area contributed by atoms with E-state index in [4.69, 9.17) is 0 Å². The van der Waals surface area contributed by atoms with Gasteiger partial charge in [-0.3, -0.25) is 15.0 Å². The summed E-state index contributed by atoms with van der Waals surface area (Å²) in [5.74, 6) is 0.556. The maximum atomic E-state index is 12.4. The zero-order valence-corrected chi connectivity index (χ0v) is 17.9. The molecule has 8 nitrogen and oxygen atoms in total. The van der Waals surface area contributed by atoms with Gasteiger partial charge in [-0.05, 0) is 49.6 Å². The van der Waals surface area contributed by atoms with Gasteiger partial charge in [0, 0.05) is 31.9 Å². The number of urea groups is 1. The SMILES string of the molecule is Cc1cccc(NC(=O)NC(=O)CN2CCCN(c3nc4ccccc4[nH]3)CC2)c1C. The third kappa shape index (κ3) is 5.03. The largest absolute Gasteiger partial charge is 0.341 e. The van der Waals surface area contributed by atoms with Gasteiger partial charge in [0.2, 0.25) is 11.9 Å². The van der Waals surface area contributed by atoms with E-state index in [1.807, 2.05) is 56.3 Å². The highest BCUT2D eigenvalue weighted by atomic mass is 16.2. The fraction of sp³-hybridized carbons (Fsp3) is 0.348. The molecule has 4 rings (SSSR count). The number of aryl methyl sites for hydroxylation is 1. The van der Waals surface area contributed by atoms with E-state index in [1.54, 1.807) is 0 Å². The van der Waals surface area contributed by atoms with Gasteiger partial charge < -0.3 is 15.2 Å². The van der Waals surface area contributed by atoms with Crippen molar-refractivity contribution in [3.05, 3.63) is 53.6 Å². The number of benzene rings is 2. The fourth-order valence-electron chi connectivity index (χ4n) is 3.84. The molecule has 0 atom stereocenters. The van der Waals surface area contributed by atoms with Gasteiger partial charge in [-0.25, -0.2) is 9.78 Å². The molecule has 0 bridgehead atoms. The van der Waals surface area contributed by atoms with E-state index in [2.05, 4.69) is 30.4 Å². The lowest BCUT2D eigenvalue weighted by atomic mass is 10.1. The first-order valence-electron chi connectivity index (χ1n) is 10.6. The van der Waals surface area contributed by atoms with Crippen molar-refractivity contribution in [3.63, 3.8) is 0 Å². The van der Waals surface area contributed by atoms with Crippen molar-refractivity contribution in [1.29, 1.82) is 0 Å².